The van der Waals surface area contributed by atoms with Crippen molar-refractivity contribution in [1.29, 1.82) is 0 Å². The van der Waals surface area contributed by atoms with Crippen LogP contribution in [0.4, 0.5) is 5.82 Å². The molecule has 0 bridgehead atoms. The number of ether oxygens (including phenoxy) is 1. The molecule has 0 aliphatic rings. The van der Waals surface area contributed by atoms with Gasteiger partial charge in [-0.2, -0.15) is 0 Å². The zero-order valence-electron chi connectivity index (χ0n) is 18.2. The lowest BCUT2D eigenvalue weighted by Gasteiger charge is -2.23. The van der Waals surface area contributed by atoms with E-state index in [1.807, 2.05) is 34.7 Å². The standard InChI is InChI=1S/C23H22BrClN4O4S/c1-3-29(14-17-13-18(24)9-11-21(17)33-15-16(2)25)22-12-10-20(26-27-22)23(30)28-34(31,32)19-7-5-4-6-8-19/h4-13H,2-3,14-15H2,1H3,(H,28,30). The maximum atomic E-state index is 12.4. The van der Waals surface area contributed by atoms with E-state index in [0.29, 0.717) is 29.7 Å². The molecule has 0 radical (unpaired) electrons. The highest BCUT2D eigenvalue weighted by Crippen LogP contribution is 2.26. The summed E-state index contributed by atoms with van der Waals surface area (Å²) in [6, 6.07) is 16.3. The molecule has 1 amide bonds. The van der Waals surface area contributed by atoms with Gasteiger partial charge in [0.05, 0.1) is 4.90 Å². The summed E-state index contributed by atoms with van der Waals surface area (Å²) in [7, 11) is -4.01. The SMILES string of the molecule is C=C(Cl)COc1ccc(Br)cc1CN(CC)c1ccc(C(=O)NS(=O)(=O)c2ccccc2)nn1. The molecule has 2 aromatic carbocycles. The van der Waals surface area contributed by atoms with Crippen LogP contribution in [0.3, 0.4) is 0 Å². The number of hydrogen-bond donors (Lipinski definition) is 1. The fraction of sp³-hybridized carbons (Fsp3) is 0.174. The maximum Gasteiger partial charge on any atom is 0.285 e. The molecule has 34 heavy (non-hydrogen) atoms. The molecule has 11 heteroatoms. The van der Waals surface area contributed by atoms with E-state index < -0.39 is 15.9 Å². The largest absolute Gasteiger partial charge is 0.488 e. The lowest BCUT2D eigenvalue weighted by atomic mass is 10.2. The fourth-order valence-corrected chi connectivity index (χ4v) is 4.42. The number of benzene rings is 2. The van der Waals surface area contributed by atoms with E-state index in [1.165, 1.54) is 18.2 Å². The van der Waals surface area contributed by atoms with Gasteiger partial charge in [-0.1, -0.05) is 52.3 Å². The molecule has 3 rings (SSSR count). The zero-order valence-corrected chi connectivity index (χ0v) is 21.4. The van der Waals surface area contributed by atoms with Crippen molar-refractivity contribution in [2.75, 3.05) is 18.1 Å². The molecule has 178 valence electrons. The number of carbonyl (C=O) groups is 1. The highest BCUT2D eigenvalue weighted by molar-refractivity contribution is 9.10. The van der Waals surface area contributed by atoms with Gasteiger partial charge in [-0.15, -0.1) is 10.2 Å². The number of rotatable bonds is 10. The Morgan fingerprint density at radius 1 is 1.15 bits per heavy atom. The second-order valence-electron chi connectivity index (χ2n) is 7.10. The smallest absolute Gasteiger partial charge is 0.285 e. The number of carbonyl (C=O) groups excluding carboxylic acids is 1. The van der Waals surface area contributed by atoms with E-state index in [-0.39, 0.29) is 17.2 Å². The van der Waals surface area contributed by atoms with Crippen LogP contribution in [0.15, 0.2) is 81.6 Å². The predicted molar refractivity (Wildman–Crippen MR) is 134 cm³/mol. The van der Waals surface area contributed by atoms with Gasteiger partial charge in [0.15, 0.2) is 11.5 Å². The maximum absolute atomic E-state index is 12.4. The van der Waals surface area contributed by atoms with Gasteiger partial charge >= 0.3 is 0 Å². The average Bonchev–Trinajstić information content (AvgIpc) is 2.82. The number of nitrogens with one attached hydrogen (secondary N) is 1. The van der Waals surface area contributed by atoms with Crippen molar-refractivity contribution >= 4 is 49.3 Å². The molecule has 0 aliphatic heterocycles. The number of sulfonamides is 1. The summed E-state index contributed by atoms with van der Waals surface area (Å²) < 4.78 is 33.4. The molecule has 0 atom stereocenters. The third-order valence-electron chi connectivity index (χ3n) is 4.64. The monoisotopic (exact) mass is 564 g/mol. The van der Waals surface area contributed by atoms with Gasteiger partial charge in [0.2, 0.25) is 0 Å². The molecule has 8 nitrogen and oxygen atoms in total. The van der Waals surface area contributed by atoms with Crippen LogP contribution in [0.5, 0.6) is 5.75 Å². The Morgan fingerprint density at radius 2 is 1.88 bits per heavy atom. The van der Waals surface area contributed by atoms with Crippen LogP contribution in [0.2, 0.25) is 0 Å². The number of aromatic nitrogens is 2. The van der Waals surface area contributed by atoms with Crippen molar-refractivity contribution in [2.24, 2.45) is 0 Å². The summed E-state index contributed by atoms with van der Waals surface area (Å²) in [5.74, 6) is 0.297. The van der Waals surface area contributed by atoms with Crippen molar-refractivity contribution in [3.05, 3.63) is 88.0 Å². The van der Waals surface area contributed by atoms with Gasteiger partial charge in [-0.3, -0.25) is 4.79 Å². The van der Waals surface area contributed by atoms with E-state index in [9.17, 15) is 13.2 Å². The van der Waals surface area contributed by atoms with E-state index in [4.69, 9.17) is 16.3 Å². The van der Waals surface area contributed by atoms with Gasteiger partial charge < -0.3 is 9.64 Å². The number of hydrogen-bond acceptors (Lipinski definition) is 7. The first-order valence-corrected chi connectivity index (χ1v) is 12.8. The normalized spacial score (nSPS) is 11.0. The molecule has 0 fully saturated rings. The van der Waals surface area contributed by atoms with Gasteiger partial charge in [-0.05, 0) is 49.4 Å². The Bertz CT molecular complexity index is 1270. The van der Waals surface area contributed by atoms with Crippen LogP contribution in [0.1, 0.15) is 23.0 Å². The summed E-state index contributed by atoms with van der Waals surface area (Å²) in [6.45, 7) is 6.81. The second-order valence-corrected chi connectivity index (χ2v) is 10.2. The minimum absolute atomic E-state index is 0.0186. The van der Waals surface area contributed by atoms with Gasteiger partial charge in [0, 0.05) is 28.2 Å². The molecule has 1 aromatic heterocycles. The number of amides is 1. The number of halogens is 2. The molecule has 0 saturated heterocycles. The second kappa shape index (κ2) is 11.5. The first-order valence-electron chi connectivity index (χ1n) is 10.1. The van der Waals surface area contributed by atoms with Crippen molar-refractivity contribution in [3.8, 4) is 5.75 Å². The van der Waals surface area contributed by atoms with Crippen LogP contribution in [-0.4, -0.2) is 37.7 Å². The third-order valence-corrected chi connectivity index (χ3v) is 6.59. The Hall–Kier alpha value is -2.95. The Kier molecular flexibility index (Phi) is 8.65. The van der Waals surface area contributed by atoms with E-state index in [1.54, 1.807) is 24.3 Å². The van der Waals surface area contributed by atoms with E-state index >= 15 is 0 Å². The Balaban J connectivity index is 1.75. The Labute approximate surface area is 211 Å². The first kappa shape index (κ1) is 25.7. The van der Waals surface area contributed by atoms with Crippen LogP contribution >= 0.6 is 27.5 Å². The predicted octanol–water partition coefficient (Wildman–Crippen LogP) is 4.52. The molecule has 1 heterocycles. The van der Waals surface area contributed by atoms with Crippen molar-refractivity contribution in [1.82, 2.24) is 14.9 Å². The molecule has 0 spiro atoms. The van der Waals surface area contributed by atoms with Crippen LogP contribution in [-0.2, 0) is 16.6 Å². The number of nitrogens with zero attached hydrogens (tertiary/aromatic N) is 3. The molecule has 3 aromatic rings. The van der Waals surface area contributed by atoms with Crippen molar-refractivity contribution < 1.29 is 17.9 Å². The summed E-state index contributed by atoms with van der Waals surface area (Å²) in [4.78, 5) is 14.3. The van der Waals surface area contributed by atoms with Gasteiger partial charge in [0.1, 0.15) is 12.4 Å². The topological polar surface area (TPSA) is 101 Å². The first-order chi connectivity index (χ1) is 16.2. The van der Waals surface area contributed by atoms with Crippen LogP contribution < -0.4 is 14.4 Å². The molecular weight excluding hydrogens is 544 g/mol. The molecular formula is C23H22BrClN4O4S. The minimum atomic E-state index is -4.01. The highest BCUT2D eigenvalue weighted by Gasteiger charge is 2.20. The summed E-state index contributed by atoms with van der Waals surface area (Å²) in [6.07, 6.45) is 0. The van der Waals surface area contributed by atoms with Gasteiger partial charge in [-0.25, -0.2) is 13.1 Å². The highest BCUT2D eigenvalue weighted by atomic mass is 79.9. The van der Waals surface area contributed by atoms with Crippen LogP contribution in [0, 0.1) is 0 Å². The van der Waals surface area contributed by atoms with Crippen molar-refractivity contribution in [2.45, 2.75) is 18.4 Å². The Morgan fingerprint density at radius 3 is 2.50 bits per heavy atom. The molecule has 0 aliphatic carbocycles. The average molecular weight is 566 g/mol. The lowest BCUT2D eigenvalue weighted by molar-refractivity contribution is 0.0975. The lowest BCUT2D eigenvalue weighted by Crippen LogP contribution is -2.31. The fourth-order valence-electron chi connectivity index (χ4n) is 2.98. The zero-order chi connectivity index (χ0) is 24.7. The molecule has 1 N–H and O–H groups in total. The van der Waals surface area contributed by atoms with Crippen molar-refractivity contribution in [3.63, 3.8) is 0 Å². The summed E-state index contributed by atoms with van der Waals surface area (Å²) >= 11 is 9.30. The molecule has 0 unspecified atom stereocenters. The third kappa shape index (κ3) is 6.78. The minimum Gasteiger partial charge on any atom is -0.488 e. The van der Waals surface area contributed by atoms with Crippen LogP contribution in [0.25, 0.3) is 0 Å². The number of anilines is 1. The summed E-state index contributed by atoms with van der Waals surface area (Å²) in [5.41, 5.74) is 0.762. The van der Waals surface area contributed by atoms with E-state index in [0.717, 1.165) is 10.0 Å². The summed E-state index contributed by atoms with van der Waals surface area (Å²) in [5, 5.41) is 8.44. The van der Waals surface area contributed by atoms with E-state index in [2.05, 4.69) is 32.7 Å². The quantitative estimate of drug-likeness (QED) is 0.386. The van der Waals surface area contributed by atoms with Gasteiger partial charge in [0.25, 0.3) is 15.9 Å². The molecule has 0 saturated carbocycles.